The Balaban J connectivity index is 2.62. The number of hydroxylamine groups is 1. The van der Waals surface area contributed by atoms with Gasteiger partial charge in [0.25, 0.3) is 0 Å². The van der Waals surface area contributed by atoms with Crippen LogP contribution in [0.3, 0.4) is 0 Å². The molecule has 0 radical (unpaired) electrons. The van der Waals surface area contributed by atoms with Crippen LogP contribution < -0.4 is 5.48 Å². The van der Waals surface area contributed by atoms with Crippen molar-refractivity contribution in [1.29, 1.82) is 0 Å². The highest BCUT2D eigenvalue weighted by Gasteiger charge is 1.99. The number of hydrogen-bond acceptors (Lipinski definition) is 3. The van der Waals surface area contributed by atoms with Gasteiger partial charge in [-0.05, 0) is 6.92 Å². The molecule has 4 heteroatoms. The Kier molecular flexibility index (Phi) is 2.62. The minimum absolute atomic E-state index is 0.640. The molecule has 0 aliphatic rings. The van der Waals surface area contributed by atoms with E-state index in [-0.39, 0.29) is 0 Å². The molecule has 0 amide bonds. The van der Waals surface area contributed by atoms with Crippen molar-refractivity contribution in [2.45, 2.75) is 13.5 Å². The monoisotopic (exact) mass is 155 g/mol. The fourth-order valence-corrected chi connectivity index (χ4v) is 0.967. The van der Waals surface area contributed by atoms with Crippen LogP contribution in [0.4, 0.5) is 0 Å². The molecule has 0 aliphatic heterocycles. The average molecular weight is 155 g/mol. The van der Waals surface area contributed by atoms with Crippen molar-refractivity contribution in [3.05, 3.63) is 17.7 Å². The molecule has 0 unspecified atom stereocenters. The summed E-state index contributed by atoms with van der Waals surface area (Å²) < 4.78 is 1.97. The predicted molar refractivity (Wildman–Crippen MR) is 41.8 cm³/mol. The smallest absolute Gasteiger partial charge is 0.125 e. The summed E-state index contributed by atoms with van der Waals surface area (Å²) in [7, 11) is 3.56. The van der Waals surface area contributed by atoms with Crippen LogP contribution in [0.2, 0.25) is 0 Å². The fourth-order valence-electron chi connectivity index (χ4n) is 0.967. The standard InChI is InChI=1S/C7H13N3O/c1-6-5-10(2)7(9-6)4-8-11-3/h5,8H,4H2,1-3H3. The second kappa shape index (κ2) is 3.50. The number of imidazole rings is 1. The van der Waals surface area contributed by atoms with Crippen LogP contribution in [0.1, 0.15) is 11.5 Å². The number of nitrogens with one attached hydrogen (secondary N) is 1. The van der Waals surface area contributed by atoms with E-state index in [0.717, 1.165) is 11.5 Å². The van der Waals surface area contributed by atoms with Gasteiger partial charge < -0.3 is 9.40 Å². The summed E-state index contributed by atoms with van der Waals surface area (Å²) in [4.78, 5) is 8.97. The second-order valence-electron chi connectivity index (χ2n) is 2.43. The van der Waals surface area contributed by atoms with Crippen LogP contribution >= 0.6 is 0 Å². The van der Waals surface area contributed by atoms with Gasteiger partial charge in [0.1, 0.15) is 5.82 Å². The maximum Gasteiger partial charge on any atom is 0.125 e. The number of hydrogen-bond donors (Lipinski definition) is 1. The van der Waals surface area contributed by atoms with Crippen molar-refractivity contribution in [3.8, 4) is 0 Å². The van der Waals surface area contributed by atoms with E-state index in [9.17, 15) is 0 Å². The zero-order valence-electron chi connectivity index (χ0n) is 7.09. The normalized spacial score (nSPS) is 10.5. The second-order valence-corrected chi connectivity index (χ2v) is 2.43. The van der Waals surface area contributed by atoms with Gasteiger partial charge in [-0.15, -0.1) is 0 Å². The Labute approximate surface area is 66.1 Å². The highest BCUT2D eigenvalue weighted by Crippen LogP contribution is 1.98. The summed E-state index contributed by atoms with van der Waals surface area (Å²) >= 11 is 0. The summed E-state index contributed by atoms with van der Waals surface area (Å²) in [6.45, 7) is 2.61. The summed E-state index contributed by atoms with van der Waals surface area (Å²) in [6.07, 6.45) is 1.98. The Morgan fingerprint density at radius 1 is 1.73 bits per heavy atom. The number of aromatic nitrogens is 2. The summed E-state index contributed by atoms with van der Waals surface area (Å²) in [5, 5.41) is 0. The molecule has 1 aromatic rings. The molecule has 62 valence electrons. The lowest BCUT2D eigenvalue weighted by Gasteiger charge is -2.00. The van der Waals surface area contributed by atoms with Crippen molar-refractivity contribution in [2.75, 3.05) is 7.11 Å². The van der Waals surface area contributed by atoms with Gasteiger partial charge in [-0.1, -0.05) is 0 Å². The van der Waals surface area contributed by atoms with Crippen molar-refractivity contribution >= 4 is 0 Å². The lowest BCUT2D eigenvalue weighted by Crippen LogP contribution is -2.14. The van der Waals surface area contributed by atoms with Crippen LogP contribution in [-0.2, 0) is 18.4 Å². The third-order valence-electron chi connectivity index (χ3n) is 1.47. The van der Waals surface area contributed by atoms with Crippen LogP contribution in [0.5, 0.6) is 0 Å². The first-order valence-electron chi connectivity index (χ1n) is 3.48. The molecule has 0 fully saturated rings. The van der Waals surface area contributed by atoms with Crippen LogP contribution in [0.25, 0.3) is 0 Å². The van der Waals surface area contributed by atoms with Crippen molar-refractivity contribution in [1.82, 2.24) is 15.0 Å². The predicted octanol–water partition coefficient (Wildman–Crippen LogP) is 0.380. The van der Waals surface area contributed by atoms with E-state index in [4.69, 9.17) is 4.84 Å². The molecule has 0 bridgehead atoms. The molecule has 1 N–H and O–H groups in total. The average Bonchev–Trinajstić information content (AvgIpc) is 2.26. The van der Waals surface area contributed by atoms with Crippen molar-refractivity contribution in [3.63, 3.8) is 0 Å². The topological polar surface area (TPSA) is 39.1 Å². The lowest BCUT2D eigenvalue weighted by molar-refractivity contribution is 0.0843. The minimum Gasteiger partial charge on any atom is -0.337 e. The largest absolute Gasteiger partial charge is 0.337 e. The van der Waals surface area contributed by atoms with Crippen molar-refractivity contribution < 1.29 is 4.84 Å². The molecule has 1 heterocycles. The fraction of sp³-hybridized carbons (Fsp3) is 0.571. The molecule has 0 spiro atoms. The SMILES string of the molecule is CONCc1nc(C)cn1C. The quantitative estimate of drug-likeness (QED) is 0.641. The van der Waals surface area contributed by atoms with E-state index < -0.39 is 0 Å². The number of rotatable bonds is 3. The van der Waals surface area contributed by atoms with Gasteiger partial charge in [-0.25, -0.2) is 4.98 Å². The first kappa shape index (κ1) is 8.23. The van der Waals surface area contributed by atoms with E-state index in [1.807, 2.05) is 24.7 Å². The molecule has 0 aliphatic carbocycles. The molecular weight excluding hydrogens is 142 g/mol. The van der Waals surface area contributed by atoms with Crippen LogP contribution in [0.15, 0.2) is 6.20 Å². The van der Waals surface area contributed by atoms with Gasteiger partial charge >= 0.3 is 0 Å². The van der Waals surface area contributed by atoms with Gasteiger partial charge in [0, 0.05) is 13.2 Å². The maximum absolute atomic E-state index is 4.71. The van der Waals surface area contributed by atoms with E-state index in [0.29, 0.717) is 6.54 Å². The number of aryl methyl sites for hydroxylation is 2. The van der Waals surface area contributed by atoms with Gasteiger partial charge in [0.15, 0.2) is 0 Å². The van der Waals surface area contributed by atoms with Gasteiger partial charge in [0.2, 0.25) is 0 Å². The molecule has 4 nitrogen and oxygen atoms in total. The third kappa shape index (κ3) is 2.03. The van der Waals surface area contributed by atoms with Gasteiger partial charge in [-0.2, -0.15) is 5.48 Å². The molecule has 0 saturated carbocycles. The molecular formula is C7H13N3O. The van der Waals surface area contributed by atoms with Crippen LogP contribution in [0, 0.1) is 6.92 Å². The first-order chi connectivity index (χ1) is 5.24. The molecule has 11 heavy (non-hydrogen) atoms. The zero-order chi connectivity index (χ0) is 8.27. The summed E-state index contributed by atoms with van der Waals surface area (Å²) in [5.74, 6) is 0.976. The Bertz CT molecular complexity index is 232. The third-order valence-corrected chi connectivity index (χ3v) is 1.47. The maximum atomic E-state index is 4.71. The zero-order valence-corrected chi connectivity index (χ0v) is 7.09. The van der Waals surface area contributed by atoms with E-state index in [2.05, 4.69) is 10.5 Å². The van der Waals surface area contributed by atoms with Gasteiger partial charge in [-0.3, -0.25) is 0 Å². The number of nitrogens with zero attached hydrogens (tertiary/aromatic N) is 2. The molecule has 0 aromatic carbocycles. The van der Waals surface area contributed by atoms with Crippen LogP contribution in [-0.4, -0.2) is 16.7 Å². The lowest BCUT2D eigenvalue weighted by atomic mass is 10.6. The van der Waals surface area contributed by atoms with Crippen molar-refractivity contribution in [2.24, 2.45) is 7.05 Å². The Morgan fingerprint density at radius 3 is 2.91 bits per heavy atom. The summed E-state index contributed by atoms with van der Waals surface area (Å²) in [5.41, 5.74) is 3.76. The molecule has 0 atom stereocenters. The Morgan fingerprint density at radius 2 is 2.45 bits per heavy atom. The molecule has 1 rings (SSSR count). The molecule has 1 aromatic heterocycles. The minimum atomic E-state index is 0.640. The first-order valence-corrected chi connectivity index (χ1v) is 3.48. The summed E-state index contributed by atoms with van der Waals surface area (Å²) in [6, 6.07) is 0. The Hall–Kier alpha value is -0.870. The molecule has 0 saturated heterocycles. The highest BCUT2D eigenvalue weighted by atomic mass is 16.6. The highest BCUT2D eigenvalue weighted by molar-refractivity contribution is 5.00. The van der Waals surface area contributed by atoms with E-state index in [1.54, 1.807) is 7.11 Å². The van der Waals surface area contributed by atoms with Gasteiger partial charge in [0.05, 0.1) is 19.3 Å². The van der Waals surface area contributed by atoms with E-state index >= 15 is 0 Å². The van der Waals surface area contributed by atoms with E-state index in [1.165, 1.54) is 0 Å².